The quantitative estimate of drug-likeness (QED) is 0.840. The molecule has 74 valence electrons. The average molecular weight is 238 g/mol. The lowest BCUT2D eigenvalue weighted by molar-refractivity contribution is 0.444. The highest BCUT2D eigenvalue weighted by Gasteiger charge is 2.18. The van der Waals surface area contributed by atoms with E-state index >= 15 is 0 Å². The van der Waals surface area contributed by atoms with Crippen molar-refractivity contribution in [1.82, 2.24) is 5.32 Å². The molecule has 0 aromatic carbocycles. The molecular formula is C9H13Cl2NS. The number of rotatable bonds is 3. The predicted octanol–water partition coefficient (Wildman–Crippen LogP) is 3.97. The van der Waals surface area contributed by atoms with Gasteiger partial charge >= 0.3 is 0 Å². The van der Waals surface area contributed by atoms with Crippen molar-refractivity contribution in [3.8, 4) is 0 Å². The van der Waals surface area contributed by atoms with Crippen LogP contribution in [-0.4, -0.2) is 7.05 Å². The van der Waals surface area contributed by atoms with Crippen LogP contribution in [0.3, 0.4) is 0 Å². The fraction of sp³-hybridized carbons (Fsp3) is 0.556. The maximum atomic E-state index is 6.06. The van der Waals surface area contributed by atoms with Gasteiger partial charge in [-0.1, -0.05) is 37.0 Å². The van der Waals surface area contributed by atoms with Crippen LogP contribution in [0.4, 0.5) is 0 Å². The number of hydrogen-bond donors (Lipinski definition) is 1. The van der Waals surface area contributed by atoms with Crippen LogP contribution in [0.2, 0.25) is 8.67 Å². The first-order valence-corrected chi connectivity index (χ1v) is 5.75. The number of hydrogen-bond acceptors (Lipinski definition) is 2. The topological polar surface area (TPSA) is 12.0 Å². The average Bonchev–Trinajstić information content (AvgIpc) is 2.31. The summed E-state index contributed by atoms with van der Waals surface area (Å²) in [4.78, 5) is 0. The summed E-state index contributed by atoms with van der Waals surface area (Å²) in [7, 11) is 1.94. The fourth-order valence-corrected chi connectivity index (χ4v) is 2.96. The van der Waals surface area contributed by atoms with E-state index in [0.717, 1.165) is 14.2 Å². The fourth-order valence-electron chi connectivity index (χ4n) is 1.41. The summed E-state index contributed by atoms with van der Waals surface area (Å²) in [5.74, 6) is 0.508. The summed E-state index contributed by atoms with van der Waals surface area (Å²) in [6.45, 7) is 4.31. The van der Waals surface area contributed by atoms with Crippen molar-refractivity contribution in [3.05, 3.63) is 20.3 Å². The molecule has 0 saturated heterocycles. The number of halogens is 2. The van der Waals surface area contributed by atoms with E-state index in [2.05, 4.69) is 19.2 Å². The first kappa shape index (κ1) is 11.3. The minimum Gasteiger partial charge on any atom is -0.313 e. The van der Waals surface area contributed by atoms with Gasteiger partial charge in [0.05, 0.1) is 8.67 Å². The molecule has 1 nitrogen and oxygen atoms in total. The van der Waals surface area contributed by atoms with Crippen molar-refractivity contribution in [2.75, 3.05) is 7.05 Å². The molecule has 1 rings (SSSR count). The molecule has 0 radical (unpaired) electrons. The lowest BCUT2D eigenvalue weighted by Gasteiger charge is -2.19. The van der Waals surface area contributed by atoms with Crippen LogP contribution in [0.1, 0.15) is 25.5 Å². The molecule has 1 aromatic heterocycles. The Balaban J connectivity index is 2.97. The smallest absolute Gasteiger partial charge is 0.0992 e. The summed E-state index contributed by atoms with van der Waals surface area (Å²) in [5.41, 5.74) is 1.11. The molecule has 0 spiro atoms. The van der Waals surface area contributed by atoms with Crippen LogP contribution in [-0.2, 0) is 0 Å². The number of nitrogens with one attached hydrogen (secondary N) is 1. The van der Waals surface area contributed by atoms with Gasteiger partial charge in [0.2, 0.25) is 0 Å². The summed E-state index contributed by atoms with van der Waals surface area (Å²) in [6.07, 6.45) is 0. The van der Waals surface area contributed by atoms with E-state index < -0.39 is 0 Å². The molecule has 0 amide bonds. The van der Waals surface area contributed by atoms with Gasteiger partial charge in [0.15, 0.2) is 0 Å². The maximum Gasteiger partial charge on any atom is 0.0992 e. The molecule has 0 fully saturated rings. The molecule has 4 heteroatoms. The monoisotopic (exact) mass is 237 g/mol. The van der Waals surface area contributed by atoms with E-state index in [9.17, 15) is 0 Å². The van der Waals surface area contributed by atoms with Crippen molar-refractivity contribution in [3.63, 3.8) is 0 Å². The third-order valence-electron chi connectivity index (χ3n) is 2.00. The van der Waals surface area contributed by atoms with Gasteiger partial charge in [-0.3, -0.25) is 0 Å². The standard InChI is InChI=1S/C9H13Cl2NS/c1-5(2)8(12-3)6-4-7(10)13-9(6)11/h4-5,8,12H,1-3H3. The van der Waals surface area contributed by atoms with E-state index in [0.29, 0.717) is 5.92 Å². The molecule has 1 unspecified atom stereocenters. The highest BCUT2D eigenvalue weighted by molar-refractivity contribution is 7.20. The van der Waals surface area contributed by atoms with Gasteiger partial charge in [0.25, 0.3) is 0 Å². The second-order valence-electron chi connectivity index (χ2n) is 3.29. The van der Waals surface area contributed by atoms with Crippen molar-refractivity contribution in [2.24, 2.45) is 5.92 Å². The van der Waals surface area contributed by atoms with Gasteiger partial charge in [-0.15, -0.1) is 11.3 Å². The second kappa shape index (κ2) is 4.65. The Kier molecular flexibility index (Phi) is 4.05. The van der Waals surface area contributed by atoms with E-state index in [1.54, 1.807) is 0 Å². The molecule has 1 aromatic rings. The predicted molar refractivity (Wildman–Crippen MR) is 61.0 cm³/mol. The van der Waals surface area contributed by atoms with Gasteiger partial charge in [-0.05, 0) is 19.0 Å². The molecule has 1 heterocycles. The Hall–Kier alpha value is 0.240. The third-order valence-corrected chi connectivity index (χ3v) is 3.51. The third kappa shape index (κ3) is 2.59. The highest BCUT2D eigenvalue weighted by Crippen LogP contribution is 2.37. The SMILES string of the molecule is CNC(c1cc(Cl)sc1Cl)C(C)C. The lowest BCUT2D eigenvalue weighted by atomic mass is 9.99. The zero-order valence-electron chi connectivity index (χ0n) is 7.90. The lowest BCUT2D eigenvalue weighted by Crippen LogP contribution is -2.21. The van der Waals surface area contributed by atoms with Gasteiger partial charge in [0, 0.05) is 11.6 Å². The normalized spacial score (nSPS) is 13.7. The van der Waals surface area contributed by atoms with Crippen molar-refractivity contribution < 1.29 is 0 Å². The molecule has 1 atom stereocenters. The zero-order valence-corrected chi connectivity index (χ0v) is 10.2. The molecule has 0 saturated carbocycles. The summed E-state index contributed by atoms with van der Waals surface area (Å²) < 4.78 is 1.54. The van der Waals surface area contributed by atoms with Crippen molar-refractivity contribution in [1.29, 1.82) is 0 Å². The highest BCUT2D eigenvalue weighted by atomic mass is 35.5. The van der Waals surface area contributed by atoms with E-state index in [4.69, 9.17) is 23.2 Å². The molecule has 0 aliphatic rings. The van der Waals surface area contributed by atoms with E-state index in [1.165, 1.54) is 11.3 Å². The summed E-state index contributed by atoms with van der Waals surface area (Å²) in [5, 5.41) is 3.24. The first-order chi connectivity index (χ1) is 6.06. The molecule has 1 N–H and O–H groups in total. The zero-order chi connectivity index (χ0) is 10.0. The Morgan fingerprint density at radius 3 is 2.31 bits per heavy atom. The van der Waals surface area contributed by atoms with E-state index in [-0.39, 0.29) is 6.04 Å². The molecule has 0 aliphatic heterocycles. The van der Waals surface area contributed by atoms with Crippen molar-refractivity contribution in [2.45, 2.75) is 19.9 Å². The van der Waals surface area contributed by atoms with Gasteiger partial charge < -0.3 is 5.32 Å². The van der Waals surface area contributed by atoms with Crippen LogP contribution in [0.25, 0.3) is 0 Å². The van der Waals surface area contributed by atoms with Gasteiger partial charge in [0.1, 0.15) is 0 Å². The molecule has 0 aliphatic carbocycles. The Labute approximate surface area is 93.1 Å². The van der Waals surface area contributed by atoms with E-state index in [1.807, 2.05) is 13.1 Å². The van der Waals surface area contributed by atoms with Gasteiger partial charge in [-0.25, -0.2) is 0 Å². The second-order valence-corrected chi connectivity index (χ2v) is 5.58. The minimum atomic E-state index is 0.288. The maximum absolute atomic E-state index is 6.06. The molecule has 13 heavy (non-hydrogen) atoms. The minimum absolute atomic E-state index is 0.288. The van der Waals surface area contributed by atoms with Crippen LogP contribution < -0.4 is 5.32 Å². The van der Waals surface area contributed by atoms with Crippen LogP contribution in [0.5, 0.6) is 0 Å². The molecular weight excluding hydrogens is 225 g/mol. The Bertz CT molecular complexity index is 283. The van der Waals surface area contributed by atoms with Crippen molar-refractivity contribution >= 4 is 34.5 Å². The van der Waals surface area contributed by atoms with Crippen LogP contribution >= 0.6 is 34.5 Å². The number of thiophene rings is 1. The Morgan fingerprint density at radius 2 is 2.00 bits per heavy atom. The van der Waals surface area contributed by atoms with Crippen LogP contribution in [0.15, 0.2) is 6.07 Å². The summed E-state index contributed by atoms with van der Waals surface area (Å²) in [6, 6.07) is 2.23. The molecule has 0 bridgehead atoms. The summed E-state index contributed by atoms with van der Waals surface area (Å²) >= 11 is 13.4. The van der Waals surface area contributed by atoms with Crippen LogP contribution in [0, 0.1) is 5.92 Å². The largest absolute Gasteiger partial charge is 0.313 e. The Morgan fingerprint density at radius 1 is 1.38 bits per heavy atom. The first-order valence-electron chi connectivity index (χ1n) is 4.18. The van der Waals surface area contributed by atoms with Gasteiger partial charge in [-0.2, -0.15) is 0 Å².